The molecule has 0 aromatic heterocycles. The van der Waals surface area contributed by atoms with Crippen molar-refractivity contribution in [2.24, 2.45) is 11.5 Å². The molecule has 0 fully saturated rings. The molecule has 12 N–H and O–H groups in total. The Bertz CT molecular complexity index is 1220. The number of carbonyl (C=O) groups is 8. The van der Waals surface area contributed by atoms with Crippen molar-refractivity contribution in [3.63, 3.8) is 0 Å². The van der Waals surface area contributed by atoms with Gasteiger partial charge in [0.25, 0.3) is 0 Å². The van der Waals surface area contributed by atoms with Gasteiger partial charge in [0.15, 0.2) is 0 Å². The summed E-state index contributed by atoms with van der Waals surface area (Å²) in [6, 6.07) is -8.21. The molecular formula is C35H64N9O10-. The molecule has 0 aromatic rings. The van der Waals surface area contributed by atoms with Crippen LogP contribution in [-0.4, -0.2) is 115 Å². The van der Waals surface area contributed by atoms with E-state index in [9.17, 15) is 48.6 Å². The van der Waals surface area contributed by atoms with Crippen molar-refractivity contribution in [1.82, 2.24) is 37.2 Å². The number of nitrogens with one attached hydrogen (secondary N) is 7. The second kappa shape index (κ2) is 28.1. The number of hydrogen-bond acceptors (Lipinski definition) is 12. The lowest BCUT2D eigenvalue weighted by Gasteiger charge is -2.26. The fraction of sp³-hybridized carbons (Fsp3) is 0.771. The summed E-state index contributed by atoms with van der Waals surface area (Å²) in [7, 11) is 1.39. The van der Waals surface area contributed by atoms with E-state index in [0.717, 1.165) is 0 Å². The van der Waals surface area contributed by atoms with E-state index in [4.69, 9.17) is 11.5 Å². The average Bonchev–Trinajstić information content (AvgIpc) is 3.13. The number of unbranched alkanes of at least 4 members (excludes halogenated alkanes) is 4. The molecule has 54 heavy (non-hydrogen) atoms. The van der Waals surface area contributed by atoms with Crippen LogP contribution in [0, 0.1) is 0 Å². The first-order chi connectivity index (χ1) is 25.6. The Morgan fingerprint density at radius 3 is 1.31 bits per heavy atom. The van der Waals surface area contributed by atoms with Crippen molar-refractivity contribution >= 4 is 47.3 Å². The molecule has 0 aliphatic heterocycles. The fourth-order valence-electron chi connectivity index (χ4n) is 5.26. The van der Waals surface area contributed by atoms with Crippen LogP contribution < -0.4 is 53.8 Å². The monoisotopic (exact) mass is 770 g/mol. The summed E-state index contributed by atoms with van der Waals surface area (Å²) in [6.07, 6.45) is 4.93. The van der Waals surface area contributed by atoms with E-state index >= 15 is 0 Å². The summed E-state index contributed by atoms with van der Waals surface area (Å²) in [5.74, 6) is -6.71. The summed E-state index contributed by atoms with van der Waals surface area (Å²) in [4.78, 5) is 102. The van der Waals surface area contributed by atoms with Crippen molar-refractivity contribution < 1.29 is 48.6 Å². The van der Waals surface area contributed by atoms with Gasteiger partial charge in [0.1, 0.15) is 36.3 Å². The Morgan fingerprint density at radius 1 is 0.556 bits per heavy atom. The molecule has 0 aliphatic carbocycles. The molecule has 0 aromatic carbocycles. The molecule has 0 aliphatic rings. The summed E-state index contributed by atoms with van der Waals surface area (Å²) >= 11 is 0. The van der Waals surface area contributed by atoms with Gasteiger partial charge < -0.3 is 63.7 Å². The quantitative estimate of drug-likeness (QED) is 0.0324. The molecule has 0 spiro atoms. The van der Waals surface area contributed by atoms with E-state index < -0.39 is 103 Å². The lowest BCUT2D eigenvalue weighted by molar-refractivity contribution is -0.306. The highest BCUT2D eigenvalue weighted by atomic mass is 16.4. The minimum absolute atomic E-state index is 0.147. The highest BCUT2D eigenvalue weighted by molar-refractivity contribution is 5.97. The Hall–Kier alpha value is -4.36. The first kappa shape index (κ1) is 49.6. The van der Waals surface area contributed by atoms with Crippen molar-refractivity contribution in [3.8, 4) is 0 Å². The lowest BCUT2D eigenvalue weighted by Crippen LogP contribution is -2.60. The van der Waals surface area contributed by atoms with Crippen molar-refractivity contribution in [2.75, 3.05) is 20.2 Å². The third-order valence-corrected chi connectivity index (χ3v) is 8.65. The predicted molar refractivity (Wildman–Crippen MR) is 197 cm³/mol. The van der Waals surface area contributed by atoms with Gasteiger partial charge in [0.05, 0.1) is 12.6 Å². The van der Waals surface area contributed by atoms with Crippen molar-refractivity contribution in [2.45, 2.75) is 153 Å². The molecule has 0 heterocycles. The van der Waals surface area contributed by atoms with Crippen LogP contribution in [0.2, 0.25) is 0 Å². The Balaban J connectivity index is 5.77. The Kier molecular flexibility index (Phi) is 25.9. The molecule has 0 saturated heterocycles. The second-order valence-corrected chi connectivity index (χ2v) is 13.2. The number of carbonyl (C=O) groups excluding carboxylic acids is 8. The minimum atomic E-state index is -1.51. The molecule has 0 bridgehead atoms. The normalized spacial score (nSPS) is 14.9. The number of carboxylic acids is 1. The second-order valence-electron chi connectivity index (χ2n) is 13.2. The molecule has 310 valence electrons. The van der Waals surface area contributed by atoms with E-state index in [0.29, 0.717) is 57.9 Å². The van der Waals surface area contributed by atoms with E-state index in [-0.39, 0.29) is 25.7 Å². The largest absolute Gasteiger partial charge is 0.550 e. The number of primary amides is 1. The molecule has 19 heteroatoms. The molecule has 0 radical (unpaired) electrons. The number of aliphatic carboxylic acids is 1. The van der Waals surface area contributed by atoms with Crippen LogP contribution in [0.3, 0.4) is 0 Å². The summed E-state index contributed by atoms with van der Waals surface area (Å²) in [6.45, 7) is 6.56. The van der Waals surface area contributed by atoms with Crippen LogP contribution in [0.25, 0.3) is 0 Å². The maximum absolute atomic E-state index is 13.4. The average molecular weight is 771 g/mol. The first-order valence-corrected chi connectivity index (χ1v) is 18.9. The van der Waals surface area contributed by atoms with E-state index in [1.165, 1.54) is 14.0 Å². The predicted octanol–water partition coefficient (Wildman–Crippen LogP) is -3.18. The molecule has 7 atom stereocenters. The summed E-state index contributed by atoms with van der Waals surface area (Å²) in [5, 5.41) is 38.8. The molecule has 0 saturated carbocycles. The summed E-state index contributed by atoms with van der Waals surface area (Å²) < 4.78 is 0. The SMILES string of the molecule is CCCCC(NC(=O)[C@H](C)NC(=O)C(CCCC)NC(=O)[C@H](CC(=O)[O-])NC)C(=O)N[C@@H](CO)C(=O)NC(CCCC)C(=O)N[C@@H](CCCCN)C(N)=O. The number of aliphatic hydroxyl groups is 1. The Morgan fingerprint density at radius 2 is 0.926 bits per heavy atom. The lowest BCUT2D eigenvalue weighted by atomic mass is 10.1. The first-order valence-electron chi connectivity index (χ1n) is 18.9. The zero-order valence-corrected chi connectivity index (χ0v) is 32.4. The van der Waals surface area contributed by atoms with Crippen LogP contribution in [0.5, 0.6) is 0 Å². The molecule has 7 amide bonds. The minimum Gasteiger partial charge on any atom is -0.550 e. The smallest absolute Gasteiger partial charge is 0.245 e. The van der Waals surface area contributed by atoms with Gasteiger partial charge in [-0.25, -0.2) is 0 Å². The zero-order chi connectivity index (χ0) is 41.2. The number of nitrogens with two attached hydrogens (primary N) is 2. The molecule has 19 nitrogen and oxygen atoms in total. The van der Waals surface area contributed by atoms with Gasteiger partial charge >= 0.3 is 0 Å². The number of carboxylic acid groups (broad SMARTS) is 1. The highest BCUT2D eigenvalue weighted by Crippen LogP contribution is 2.08. The number of rotatable bonds is 30. The van der Waals surface area contributed by atoms with Gasteiger partial charge in [-0.05, 0) is 59.0 Å². The molecule has 0 rings (SSSR count). The number of hydrogen-bond donors (Lipinski definition) is 10. The molecule has 3 unspecified atom stereocenters. The van der Waals surface area contributed by atoms with Crippen LogP contribution in [0.1, 0.15) is 111 Å². The van der Waals surface area contributed by atoms with E-state index in [1.54, 1.807) is 0 Å². The maximum Gasteiger partial charge on any atom is 0.245 e. The van der Waals surface area contributed by atoms with Crippen molar-refractivity contribution in [3.05, 3.63) is 0 Å². The van der Waals surface area contributed by atoms with Gasteiger partial charge in [-0.2, -0.15) is 0 Å². The standard InChI is InChI=1S/C35H65N9O10/c1-6-9-14-23(42-34(53)26(38-5)19-28(46)47)31(50)39-21(4)30(49)41-24(15-10-7-2)33(52)44-27(20-45)35(54)43-25(16-11-8-3)32(51)40-22(29(37)48)17-12-13-18-36/h21-27,38,45H,6-20,36H2,1-5H3,(H2,37,48)(H,39,50)(H,40,51)(H,41,49)(H,42,53)(H,43,54)(H,44,52)(H,46,47)/p-1/t21-,22-,23?,24?,25?,26-,27-/m0/s1. The number of aliphatic hydroxyl groups excluding tert-OH is 1. The van der Waals surface area contributed by atoms with Crippen LogP contribution in [0.4, 0.5) is 0 Å². The fourth-order valence-corrected chi connectivity index (χ4v) is 5.26. The third-order valence-electron chi connectivity index (χ3n) is 8.65. The Labute approximate surface area is 318 Å². The van der Waals surface area contributed by atoms with E-state index in [2.05, 4.69) is 37.2 Å². The van der Waals surface area contributed by atoms with Crippen LogP contribution in [-0.2, 0) is 38.4 Å². The van der Waals surface area contributed by atoms with Crippen LogP contribution in [0.15, 0.2) is 0 Å². The molecular weight excluding hydrogens is 706 g/mol. The van der Waals surface area contributed by atoms with Gasteiger partial charge in [0, 0.05) is 12.4 Å². The summed E-state index contributed by atoms with van der Waals surface area (Å²) in [5.41, 5.74) is 11.0. The van der Waals surface area contributed by atoms with Gasteiger partial charge in [0.2, 0.25) is 41.4 Å². The topological polar surface area (TPSA) is 316 Å². The van der Waals surface area contributed by atoms with Gasteiger partial charge in [-0.15, -0.1) is 0 Å². The zero-order valence-electron chi connectivity index (χ0n) is 32.4. The number of amides is 7. The van der Waals surface area contributed by atoms with Gasteiger partial charge in [-0.1, -0.05) is 59.3 Å². The maximum atomic E-state index is 13.4. The van der Waals surface area contributed by atoms with E-state index in [1.807, 2.05) is 20.8 Å². The third kappa shape index (κ3) is 19.6. The van der Waals surface area contributed by atoms with Crippen molar-refractivity contribution in [1.29, 1.82) is 0 Å². The van der Waals surface area contributed by atoms with Crippen LogP contribution >= 0.6 is 0 Å². The number of likely N-dealkylation sites (N-methyl/N-ethyl adjacent to an activating group) is 1. The highest BCUT2D eigenvalue weighted by Gasteiger charge is 2.32. The van der Waals surface area contributed by atoms with Gasteiger partial charge in [-0.3, -0.25) is 33.6 Å².